The Balaban J connectivity index is 2.18. The molecule has 138 valence electrons. The van der Waals surface area contributed by atoms with Crippen molar-refractivity contribution in [1.29, 1.82) is 0 Å². The number of halogens is 1. The normalized spacial score (nSPS) is 11.6. The van der Waals surface area contributed by atoms with Crippen molar-refractivity contribution in [3.8, 4) is 11.5 Å². The Kier molecular flexibility index (Phi) is 7.42. The van der Waals surface area contributed by atoms with E-state index in [1.165, 1.54) is 11.3 Å². The molecule has 0 spiro atoms. The second kappa shape index (κ2) is 9.34. The summed E-state index contributed by atoms with van der Waals surface area (Å²) in [6.45, 7) is 6.60. The van der Waals surface area contributed by atoms with Gasteiger partial charge in [0.15, 0.2) is 11.5 Å². The van der Waals surface area contributed by atoms with E-state index in [1.807, 2.05) is 30.3 Å². The average Bonchev–Trinajstić information content (AvgIpc) is 2.63. The van der Waals surface area contributed by atoms with Crippen molar-refractivity contribution >= 4 is 42.1 Å². The van der Waals surface area contributed by atoms with E-state index in [9.17, 15) is 4.79 Å². The highest BCUT2D eigenvalue weighted by Gasteiger charge is 2.25. The third-order valence-electron chi connectivity index (χ3n) is 3.86. The average molecular weight is 482 g/mol. The summed E-state index contributed by atoms with van der Waals surface area (Å²) < 4.78 is 17.9. The SMILES string of the molecule is C/C=C/C(=O)Oc1c(I)cc(CO[Si](C)(C)c2ccccc2)cc1OC. The van der Waals surface area contributed by atoms with E-state index in [1.54, 1.807) is 20.1 Å². The molecule has 2 rings (SSSR count). The monoisotopic (exact) mass is 482 g/mol. The minimum Gasteiger partial charge on any atom is -0.493 e. The molecule has 0 N–H and O–H groups in total. The molecule has 0 aromatic heterocycles. The fraction of sp³-hybridized carbons (Fsp3) is 0.250. The van der Waals surface area contributed by atoms with Crippen molar-refractivity contribution in [1.82, 2.24) is 0 Å². The van der Waals surface area contributed by atoms with Gasteiger partial charge in [-0.25, -0.2) is 4.79 Å². The Morgan fingerprint density at radius 3 is 2.50 bits per heavy atom. The molecule has 0 aliphatic rings. The van der Waals surface area contributed by atoms with Crippen LogP contribution in [0.25, 0.3) is 0 Å². The van der Waals surface area contributed by atoms with Crippen LogP contribution >= 0.6 is 22.6 Å². The fourth-order valence-corrected chi connectivity index (χ4v) is 4.88. The molecule has 0 unspecified atom stereocenters. The summed E-state index contributed by atoms with van der Waals surface area (Å²) in [6, 6.07) is 14.1. The Hall–Kier alpha value is -1.64. The zero-order valence-corrected chi connectivity index (χ0v) is 18.6. The molecule has 4 nitrogen and oxygen atoms in total. The van der Waals surface area contributed by atoms with E-state index in [0.717, 1.165) is 9.13 Å². The molecular weight excluding hydrogens is 459 g/mol. The molecule has 2 aromatic carbocycles. The number of allylic oxidation sites excluding steroid dienone is 1. The van der Waals surface area contributed by atoms with Gasteiger partial charge in [0.2, 0.25) is 8.32 Å². The van der Waals surface area contributed by atoms with E-state index in [4.69, 9.17) is 13.9 Å². The van der Waals surface area contributed by atoms with Gasteiger partial charge in [0.1, 0.15) is 0 Å². The molecule has 0 heterocycles. The van der Waals surface area contributed by atoms with E-state index < -0.39 is 14.3 Å². The topological polar surface area (TPSA) is 44.8 Å². The summed E-state index contributed by atoms with van der Waals surface area (Å²) in [7, 11) is -0.434. The summed E-state index contributed by atoms with van der Waals surface area (Å²) in [5, 5.41) is 1.25. The summed E-state index contributed by atoms with van der Waals surface area (Å²) in [5.74, 6) is 0.525. The molecule has 0 atom stereocenters. The first kappa shape index (κ1) is 20.7. The van der Waals surface area contributed by atoms with E-state index in [-0.39, 0.29) is 0 Å². The fourth-order valence-electron chi connectivity index (χ4n) is 2.41. The van der Waals surface area contributed by atoms with E-state index in [2.05, 4.69) is 47.8 Å². The molecule has 0 saturated carbocycles. The number of methoxy groups -OCH3 is 1. The van der Waals surface area contributed by atoms with Gasteiger partial charge in [-0.1, -0.05) is 36.4 Å². The molecular formula is C20H23IO4Si. The van der Waals surface area contributed by atoms with Crippen LogP contribution in [0.2, 0.25) is 13.1 Å². The summed E-state index contributed by atoms with van der Waals surface area (Å²) in [5.41, 5.74) is 0.980. The van der Waals surface area contributed by atoms with Crippen molar-refractivity contribution in [2.75, 3.05) is 7.11 Å². The molecule has 0 radical (unpaired) electrons. The lowest BCUT2D eigenvalue weighted by atomic mass is 10.2. The molecule has 26 heavy (non-hydrogen) atoms. The van der Waals surface area contributed by atoms with Crippen LogP contribution in [-0.2, 0) is 15.8 Å². The number of rotatable bonds is 7. The maximum Gasteiger partial charge on any atom is 0.335 e. The smallest absolute Gasteiger partial charge is 0.335 e. The Bertz CT molecular complexity index is 788. The lowest BCUT2D eigenvalue weighted by Gasteiger charge is -2.24. The Morgan fingerprint density at radius 2 is 1.88 bits per heavy atom. The number of esters is 1. The van der Waals surface area contributed by atoms with Gasteiger partial charge in [-0.2, -0.15) is 0 Å². The zero-order chi connectivity index (χ0) is 19.2. The van der Waals surface area contributed by atoms with Gasteiger partial charge in [0.05, 0.1) is 17.3 Å². The first-order valence-electron chi connectivity index (χ1n) is 8.27. The highest BCUT2D eigenvalue weighted by molar-refractivity contribution is 14.1. The number of benzene rings is 2. The van der Waals surface area contributed by atoms with Gasteiger partial charge in [0, 0.05) is 6.08 Å². The molecule has 0 bridgehead atoms. The van der Waals surface area contributed by atoms with Gasteiger partial charge < -0.3 is 13.9 Å². The van der Waals surface area contributed by atoms with Gasteiger partial charge in [-0.15, -0.1) is 0 Å². The minimum atomic E-state index is -2.00. The van der Waals surface area contributed by atoms with Crippen molar-refractivity contribution in [2.45, 2.75) is 26.6 Å². The molecule has 6 heteroatoms. The molecule has 2 aromatic rings. The number of hydrogen-bond donors (Lipinski definition) is 0. The Labute approximate surface area is 169 Å². The van der Waals surface area contributed by atoms with Gasteiger partial charge in [-0.3, -0.25) is 0 Å². The molecule has 0 aliphatic heterocycles. The van der Waals surface area contributed by atoms with Crippen LogP contribution < -0.4 is 14.7 Å². The van der Waals surface area contributed by atoms with Crippen LogP contribution in [0.1, 0.15) is 12.5 Å². The number of carbonyl (C=O) groups is 1. The summed E-state index contributed by atoms with van der Waals surface area (Å²) in [6.07, 6.45) is 3.01. The number of ether oxygens (including phenoxy) is 2. The highest BCUT2D eigenvalue weighted by Crippen LogP contribution is 2.34. The van der Waals surface area contributed by atoms with Gasteiger partial charge >= 0.3 is 5.97 Å². The summed E-state index contributed by atoms with van der Waals surface area (Å²) >= 11 is 2.14. The van der Waals surface area contributed by atoms with Crippen LogP contribution in [0.5, 0.6) is 11.5 Å². The van der Waals surface area contributed by atoms with Crippen molar-refractivity contribution in [3.05, 3.63) is 63.8 Å². The van der Waals surface area contributed by atoms with Crippen molar-refractivity contribution < 1.29 is 18.7 Å². The Morgan fingerprint density at radius 1 is 1.19 bits per heavy atom. The van der Waals surface area contributed by atoms with Crippen LogP contribution in [0.4, 0.5) is 0 Å². The third kappa shape index (κ3) is 5.42. The predicted octanol–water partition coefficient (Wildman–Crippen LogP) is 4.41. The van der Waals surface area contributed by atoms with Gasteiger partial charge in [-0.05, 0) is 65.5 Å². The summed E-state index contributed by atoms with van der Waals surface area (Å²) in [4.78, 5) is 11.7. The first-order chi connectivity index (χ1) is 12.4. The maximum atomic E-state index is 11.7. The quantitative estimate of drug-likeness (QED) is 0.193. The van der Waals surface area contributed by atoms with Crippen LogP contribution in [0.3, 0.4) is 0 Å². The van der Waals surface area contributed by atoms with Crippen LogP contribution in [0, 0.1) is 3.57 Å². The molecule has 0 fully saturated rings. The number of carbonyl (C=O) groups excluding carboxylic acids is 1. The minimum absolute atomic E-state index is 0.426. The highest BCUT2D eigenvalue weighted by atomic mass is 127. The zero-order valence-electron chi connectivity index (χ0n) is 15.4. The lowest BCUT2D eigenvalue weighted by molar-refractivity contribution is -0.129. The second-order valence-corrected chi connectivity index (χ2v) is 11.2. The van der Waals surface area contributed by atoms with Crippen molar-refractivity contribution in [2.24, 2.45) is 0 Å². The molecule has 0 saturated heterocycles. The van der Waals surface area contributed by atoms with Crippen LogP contribution in [0.15, 0.2) is 54.6 Å². The second-order valence-electron chi connectivity index (χ2n) is 6.20. The van der Waals surface area contributed by atoms with E-state index >= 15 is 0 Å². The van der Waals surface area contributed by atoms with Crippen molar-refractivity contribution in [3.63, 3.8) is 0 Å². The maximum absolute atomic E-state index is 11.7. The third-order valence-corrected chi connectivity index (χ3v) is 7.25. The number of hydrogen-bond acceptors (Lipinski definition) is 4. The first-order valence-corrected chi connectivity index (χ1v) is 12.3. The van der Waals surface area contributed by atoms with E-state index in [0.29, 0.717) is 18.1 Å². The predicted molar refractivity (Wildman–Crippen MR) is 115 cm³/mol. The molecule has 0 aliphatic carbocycles. The standard InChI is InChI=1S/C20H23IO4Si/c1-5-9-19(22)25-20-17(21)12-15(13-18(20)23-2)14-24-26(3,4)16-10-7-6-8-11-16/h5-13H,14H2,1-4H3/b9-5+. The van der Waals surface area contributed by atoms with Crippen LogP contribution in [-0.4, -0.2) is 21.4 Å². The van der Waals surface area contributed by atoms with Gasteiger partial charge in [0.25, 0.3) is 0 Å². The lowest BCUT2D eigenvalue weighted by Crippen LogP contribution is -2.44. The molecule has 0 amide bonds. The largest absolute Gasteiger partial charge is 0.493 e.